The van der Waals surface area contributed by atoms with Crippen molar-refractivity contribution in [3.05, 3.63) is 59.1 Å². The number of halogens is 4. The maximum atomic E-state index is 13.0. The minimum Gasteiger partial charge on any atom is -0.323 e. The number of alkyl halides is 3. The van der Waals surface area contributed by atoms with Crippen molar-refractivity contribution in [1.29, 1.82) is 0 Å². The van der Waals surface area contributed by atoms with Crippen molar-refractivity contribution in [2.24, 2.45) is 0 Å². The molecule has 2 aromatic carbocycles. The molecule has 0 bridgehead atoms. The number of sulfonamides is 1. The Morgan fingerprint density at radius 3 is 2.33 bits per heavy atom. The van der Waals surface area contributed by atoms with Crippen LogP contribution in [0.3, 0.4) is 0 Å². The standard InChI is InChI=1S/C17H16ClF3N2O3S/c1-11(16(24)22-15-9-4-3-8-14(15)18)23(27(2,25)26)13-7-5-6-12(10-13)17(19,20)21/h3-11H,1-2H3,(H,22,24)/t11-/m1/s1. The molecule has 1 atom stereocenters. The van der Waals surface area contributed by atoms with Crippen molar-refractivity contribution in [2.75, 3.05) is 15.9 Å². The second kappa shape index (κ2) is 7.77. The van der Waals surface area contributed by atoms with Crippen LogP contribution in [0.25, 0.3) is 0 Å². The van der Waals surface area contributed by atoms with Crippen LogP contribution in [0.5, 0.6) is 0 Å². The van der Waals surface area contributed by atoms with Crippen LogP contribution in [0, 0.1) is 0 Å². The molecular weight excluding hydrogens is 405 g/mol. The lowest BCUT2D eigenvalue weighted by molar-refractivity contribution is -0.137. The zero-order valence-electron chi connectivity index (χ0n) is 14.3. The lowest BCUT2D eigenvalue weighted by Crippen LogP contribution is -2.45. The van der Waals surface area contributed by atoms with E-state index in [0.717, 1.165) is 18.4 Å². The Morgan fingerprint density at radius 1 is 1.15 bits per heavy atom. The summed E-state index contributed by atoms with van der Waals surface area (Å²) in [6.07, 6.45) is -3.84. The van der Waals surface area contributed by atoms with Gasteiger partial charge in [0.15, 0.2) is 0 Å². The van der Waals surface area contributed by atoms with Crippen molar-refractivity contribution < 1.29 is 26.4 Å². The molecule has 0 radical (unpaired) electrons. The highest BCUT2D eigenvalue weighted by Crippen LogP contribution is 2.33. The van der Waals surface area contributed by atoms with Crippen LogP contribution in [0.1, 0.15) is 12.5 Å². The molecular formula is C17H16ClF3N2O3S. The van der Waals surface area contributed by atoms with E-state index in [4.69, 9.17) is 11.6 Å². The van der Waals surface area contributed by atoms with Gasteiger partial charge < -0.3 is 5.32 Å². The zero-order valence-corrected chi connectivity index (χ0v) is 15.9. The fourth-order valence-corrected chi connectivity index (χ4v) is 3.78. The maximum Gasteiger partial charge on any atom is 0.416 e. The van der Waals surface area contributed by atoms with Crippen molar-refractivity contribution in [1.82, 2.24) is 0 Å². The summed E-state index contributed by atoms with van der Waals surface area (Å²) in [7, 11) is -4.05. The monoisotopic (exact) mass is 420 g/mol. The van der Waals surface area contributed by atoms with Gasteiger partial charge in [0.05, 0.1) is 28.2 Å². The van der Waals surface area contributed by atoms with Gasteiger partial charge >= 0.3 is 6.18 Å². The Kier molecular flexibility index (Phi) is 6.06. The fourth-order valence-electron chi connectivity index (χ4n) is 2.43. The van der Waals surface area contributed by atoms with Crippen molar-refractivity contribution in [3.8, 4) is 0 Å². The topological polar surface area (TPSA) is 66.5 Å². The highest BCUT2D eigenvalue weighted by atomic mass is 35.5. The summed E-state index contributed by atoms with van der Waals surface area (Å²) in [5.41, 5.74) is -1.03. The second-order valence-electron chi connectivity index (χ2n) is 5.75. The third kappa shape index (κ3) is 5.14. The SMILES string of the molecule is C[C@H](C(=O)Nc1ccccc1Cl)N(c1cccc(C(F)(F)F)c1)S(C)(=O)=O. The summed E-state index contributed by atoms with van der Waals surface area (Å²) in [6, 6.07) is 8.76. The number of benzene rings is 2. The Balaban J connectivity index is 2.40. The van der Waals surface area contributed by atoms with E-state index in [2.05, 4.69) is 5.32 Å². The Labute approximate surface area is 159 Å². The average molecular weight is 421 g/mol. The van der Waals surface area contributed by atoms with Crippen LogP contribution in [0.2, 0.25) is 5.02 Å². The summed E-state index contributed by atoms with van der Waals surface area (Å²) in [5.74, 6) is -0.745. The Hall–Kier alpha value is -2.26. The first kappa shape index (κ1) is 21.0. The predicted octanol–water partition coefficient (Wildman–Crippen LogP) is 4.15. The van der Waals surface area contributed by atoms with Crippen LogP contribution in [-0.4, -0.2) is 26.6 Å². The number of anilines is 2. The molecule has 0 fully saturated rings. The van der Waals surface area contributed by atoms with Crippen LogP contribution < -0.4 is 9.62 Å². The number of rotatable bonds is 5. The van der Waals surface area contributed by atoms with E-state index in [1.807, 2.05) is 0 Å². The van der Waals surface area contributed by atoms with Crippen molar-refractivity contribution >= 4 is 38.9 Å². The molecule has 27 heavy (non-hydrogen) atoms. The first-order valence-corrected chi connectivity index (χ1v) is 9.86. The minimum atomic E-state index is -4.65. The highest BCUT2D eigenvalue weighted by molar-refractivity contribution is 7.92. The minimum absolute atomic E-state index is 0.239. The van der Waals surface area contributed by atoms with E-state index >= 15 is 0 Å². The molecule has 10 heteroatoms. The summed E-state index contributed by atoms with van der Waals surface area (Å²) in [6.45, 7) is 1.27. The number of hydrogen-bond acceptors (Lipinski definition) is 3. The summed E-state index contributed by atoms with van der Waals surface area (Å²) >= 11 is 5.96. The van der Waals surface area contributed by atoms with E-state index in [1.165, 1.54) is 25.1 Å². The molecule has 2 rings (SSSR count). The number of para-hydroxylation sites is 1. The number of nitrogens with zero attached hydrogens (tertiary/aromatic N) is 1. The maximum absolute atomic E-state index is 13.0. The molecule has 146 valence electrons. The van der Waals surface area contributed by atoms with Crippen molar-refractivity contribution in [2.45, 2.75) is 19.1 Å². The molecule has 0 saturated carbocycles. The van der Waals surface area contributed by atoms with Gasteiger partial charge in [-0.1, -0.05) is 29.8 Å². The number of hydrogen-bond donors (Lipinski definition) is 1. The van der Waals surface area contributed by atoms with Crippen LogP contribution >= 0.6 is 11.6 Å². The van der Waals surface area contributed by atoms with Gasteiger partial charge in [-0.2, -0.15) is 13.2 Å². The molecule has 0 aliphatic carbocycles. The van der Waals surface area contributed by atoms with Crippen LogP contribution in [-0.2, 0) is 21.0 Å². The molecule has 0 spiro atoms. The van der Waals surface area contributed by atoms with E-state index in [1.54, 1.807) is 12.1 Å². The van der Waals surface area contributed by atoms with E-state index < -0.39 is 33.7 Å². The van der Waals surface area contributed by atoms with E-state index in [-0.39, 0.29) is 16.4 Å². The van der Waals surface area contributed by atoms with Gasteiger partial charge in [0.2, 0.25) is 15.9 Å². The molecule has 0 aliphatic rings. The van der Waals surface area contributed by atoms with Gasteiger partial charge in [0.1, 0.15) is 6.04 Å². The van der Waals surface area contributed by atoms with Crippen LogP contribution in [0.4, 0.5) is 24.5 Å². The largest absolute Gasteiger partial charge is 0.416 e. The third-order valence-corrected chi connectivity index (χ3v) is 5.22. The molecule has 2 aromatic rings. The molecule has 0 saturated heterocycles. The summed E-state index contributed by atoms with van der Waals surface area (Å²) in [5, 5.41) is 2.72. The van der Waals surface area contributed by atoms with Crippen molar-refractivity contribution in [3.63, 3.8) is 0 Å². The first-order chi connectivity index (χ1) is 12.4. The van der Waals surface area contributed by atoms with Gasteiger partial charge in [0, 0.05) is 0 Å². The lowest BCUT2D eigenvalue weighted by atomic mass is 10.1. The van der Waals surface area contributed by atoms with Gasteiger partial charge in [-0.15, -0.1) is 0 Å². The van der Waals surface area contributed by atoms with Gasteiger partial charge in [0.25, 0.3) is 0 Å². The van der Waals surface area contributed by atoms with Crippen LogP contribution in [0.15, 0.2) is 48.5 Å². The number of carbonyl (C=O) groups excluding carboxylic acids is 1. The summed E-state index contributed by atoms with van der Waals surface area (Å²) < 4.78 is 63.9. The Morgan fingerprint density at radius 2 is 1.78 bits per heavy atom. The molecule has 0 heterocycles. The van der Waals surface area contributed by atoms with Gasteiger partial charge in [-0.05, 0) is 37.3 Å². The van der Waals surface area contributed by atoms with Gasteiger partial charge in [-0.3, -0.25) is 9.10 Å². The number of amides is 1. The quantitative estimate of drug-likeness (QED) is 0.790. The fraction of sp³-hybridized carbons (Fsp3) is 0.235. The molecule has 5 nitrogen and oxygen atoms in total. The molecule has 0 aromatic heterocycles. The van der Waals surface area contributed by atoms with E-state index in [9.17, 15) is 26.4 Å². The second-order valence-corrected chi connectivity index (χ2v) is 8.02. The molecule has 0 unspecified atom stereocenters. The zero-order chi connectivity index (χ0) is 20.4. The number of carbonyl (C=O) groups is 1. The predicted molar refractivity (Wildman–Crippen MR) is 98.3 cm³/mol. The normalized spacial score (nSPS) is 13.1. The summed E-state index contributed by atoms with van der Waals surface area (Å²) in [4.78, 5) is 12.5. The number of nitrogens with one attached hydrogen (secondary N) is 1. The third-order valence-electron chi connectivity index (χ3n) is 3.65. The lowest BCUT2D eigenvalue weighted by Gasteiger charge is -2.28. The Bertz CT molecular complexity index is 948. The smallest absolute Gasteiger partial charge is 0.323 e. The molecule has 1 amide bonds. The first-order valence-electron chi connectivity index (χ1n) is 7.63. The average Bonchev–Trinajstić information content (AvgIpc) is 2.55. The van der Waals surface area contributed by atoms with E-state index in [0.29, 0.717) is 10.4 Å². The highest BCUT2D eigenvalue weighted by Gasteiger charge is 2.34. The van der Waals surface area contributed by atoms with Gasteiger partial charge in [-0.25, -0.2) is 8.42 Å². The molecule has 1 N–H and O–H groups in total. The molecule has 0 aliphatic heterocycles.